The monoisotopic (exact) mass is 339 g/mol. The highest BCUT2D eigenvalue weighted by molar-refractivity contribution is 5.97. The van der Waals surface area contributed by atoms with Crippen molar-refractivity contribution < 1.29 is 27.4 Å². The molecule has 4 nitrogen and oxygen atoms in total. The quantitative estimate of drug-likeness (QED) is 0.904. The molecule has 24 heavy (non-hydrogen) atoms. The van der Waals surface area contributed by atoms with Crippen LogP contribution in [0.4, 0.5) is 13.2 Å². The van der Waals surface area contributed by atoms with Gasteiger partial charge in [0.05, 0.1) is 25.3 Å². The van der Waals surface area contributed by atoms with E-state index >= 15 is 0 Å². The van der Waals surface area contributed by atoms with E-state index in [1.54, 1.807) is 12.1 Å². The molecule has 0 bridgehead atoms. The molecular formula is C17H16F3NO3. The summed E-state index contributed by atoms with van der Waals surface area (Å²) in [5, 5.41) is 2.58. The zero-order valence-corrected chi connectivity index (χ0v) is 13.1. The van der Waals surface area contributed by atoms with E-state index in [1.165, 1.54) is 32.4 Å². The molecule has 2 aromatic carbocycles. The number of nitrogens with one attached hydrogen (secondary N) is 1. The summed E-state index contributed by atoms with van der Waals surface area (Å²) in [5.41, 5.74) is -0.132. The summed E-state index contributed by atoms with van der Waals surface area (Å²) in [4.78, 5) is 12.2. The molecule has 0 unspecified atom stereocenters. The molecule has 2 rings (SSSR count). The molecule has 128 valence electrons. The fourth-order valence-corrected chi connectivity index (χ4v) is 2.12. The Labute approximate surface area is 137 Å². The largest absolute Gasteiger partial charge is 0.497 e. The molecule has 0 heterocycles. The second-order valence-corrected chi connectivity index (χ2v) is 4.95. The summed E-state index contributed by atoms with van der Waals surface area (Å²) >= 11 is 0. The Kier molecular flexibility index (Phi) is 5.33. The van der Waals surface area contributed by atoms with E-state index in [9.17, 15) is 18.0 Å². The van der Waals surface area contributed by atoms with Gasteiger partial charge in [0, 0.05) is 12.6 Å². The first-order valence-electron chi connectivity index (χ1n) is 7.01. The van der Waals surface area contributed by atoms with E-state index < -0.39 is 17.6 Å². The summed E-state index contributed by atoms with van der Waals surface area (Å²) in [7, 11) is 2.90. The molecule has 0 aliphatic rings. The van der Waals surface area contributed by atoms with E-state index in [1.807, 2.05) is 0 Å². The maximum Gasteiger partial charge on any atom is 0.416 e. The van der Waals surface area contributed by atoms with Gasteiger partial charge in [-0.05, 0) is 29.8 Å². The highest BCUT2D eigenvalue weighted by atomic mass is 19.4. The van der Waals surface area contributed by atoms with Crippen molar-refractivity contribution in [3.05, 3.63) is 59.2 Å². The van der Waals surface area contributed by atoms with Crippen molar-refractivity contribution in [1.82, 2.24) is 5.32 Å². The van der Waals surface area contributed by atoms with Crippen LogP contribution in [0.15, 0.2) is 42.5 Å². The van der Waals surface area contributed by atoms with Crippen molar-refractivity contribution in [2.75, 3.05) is 14.2 Å². The van der Waals surface area contributed by atoms with Crippen LogP contribution in [0.2, 0.25) is 0 Å². The van der Waals surface area contributed by atoms with Crippen LogP contribution in [0.3, 0.4) is 0 Å². The van der Waals surface area contributed by atoms with Crippen LogP contribution in [0.5, 0.6) is 11.5 Å². The van der Waals surface area contributed by atoms with Gasteiger partial charge in [0.2, 0.25) is 0 Å². The van der Waals surface area contributed by atoms with Gasteiger partial charge in [-0.3, -0.25) is 4.79 Å². The van der Waals surface area contributed by atoms with Crippen molar-refractivity contribution >= 4 is 5.91 Å². The Morgan fingerprint density at radius 1 is 1.08 bits per heavy atom. The molecule has 0 saturated carbocycles. The molecule has 1 amide bonds. The number of halogens is 3. The number of carbonyl (C=O) groups excluding carboxylic acids is 1. The number of benzene rings is 2. The summed E-state index contributed by atoms with van der Waals surface area (Å²) < 4.78 is 48.2. The minimum atomic E-state index is -4.42. The molecule has 0 aliphatic heterocycles. The van der Waals surface area contributed by atoms with E-state index in [4.69, 9.17) is 9.47 Å². The van der Waals surface area contributed by atoms with Crippen LogP contribution >= 0.6 is 0 Å². The van der Waals surface area contributed by atoms with Gasteiger partial charge in [-0.1, -0.05) is 12.1 Å². The average Bonchev–Trinajstić information content (AvgIpc) is 2.58. The third-order valence-corrected chi connectivity index (χ3v) is 3.36. The number of hydrogen-bond donors (Lipinski definition) is 1. The second kappa shape index (κ2) is 7.25. The summed E-state index contributed by atoms with van der Waals surface area (Å²) in [6.45, 7) is -0.0298. The lowest BCUT2D eigenvalue weighted by Crippen LogP contribution is -2.23. The number of rotatable bonds is 5. The van der Waals surface area contributed by atoms with Crippen molar-refractivity contribution in [2.45, 2.75) is 12.7 Å². The van der Waals surface area contributed by atoms with Crippen LogP contribution in [-0.2, 0) is 12.7 Å². The predicted molar refractivity (Wildman–Crippen MR) is 82.2 cm³/mol. The first kappa shape index (κ1) is 17.7. The summed E-state index contributed by atoms with van der Waals surface area (Å²) in [5.74, 6) is 0.393. The lowest BCUT2D eigenvalue weighted by molar-refractivity contribution is -0.137. The molecule has 0 saturated heterocycles. The van der Waals surface area contributed by atoms with Gasteiger partial charge >= 0.3 is 6.18 Å². The first-order chi connectivity index (χ1) is 11.3. The molecule has 0 spiro atoms. The normalized spacial score (nSPS) is 11.0. The highest BCUT2D eigenvalue weighted by Crippen LogP contribution is 2.29. The van der Waals surface area contributed by atoms with Crippen LogP contribution in [0, 0.1) is 0 Å². The maximum absolute atomic E-state index is 12.7. The zero-order valence-electron chi connectivity index (χ0n) is 13.1. The molecule has 0 atom stereocenters. The van der Waals surface area contributed by atoms with Gasteiger partial charge < -0.3 is 14.8 Å². The van der Waals surface area contributed by atoms with Gasteiger partial charge in [-0.2, -0.15) is 13.2 Å². The number of carbonyl (C=O) groups is 1. The fourth-order valence-electron chi connectivity index (χ4n) is 2.12. The standard InChI is InChI=1S/C17H16F3NO3/c1-23-13-6-7-14(15(9-13)24-2)16(22)21-10-11-4-3-5-12(8-11)17(18,19)20/h3-9H,10H2,1-2H3,(H,21,22). The number of methoxy groups -OCH3 is 2. The van der Waals surface area contributed by atoms with Crippen LogP contribution in [-0.4, -0.2) is 20.1 Å². The Hall–Kier alpha value is -2.70. The van der Waals surface area contributed by atoms with Crippen molar-refractivity contribution in [3.63, 3.8) is 0 Å². The van der Waals surface area contributed by atoms with Gasteiger partial charge in [0.15, 0.2) is 0 Å². The SMILES string of the molecule is COc1ccc(C(=O)NCc2cccc(C(F)(F)F)c2)c(OC)c1. The topological polar surface area (TPSA) is 47.6 Å². The molecular weight excluding hydrogens is 323 g/mol. The van der Waals surface area contributed by atoms with Gasteiger partial charge in [0.1, 0.15) is 11.5 Å². The predicted octanol–water partition coefficient (Wildman–Crippen LogP) is 3.65. The number of alkyl halides is 3. The van der Waals surface area contributed by atoms with E-state index in [-0.39, 0.29) is 12.1 Å². The highest BCUT2D eigenvalue weighted by Gasteiger charge is 2.30. The van der Waals surface area contributed by atoms with Crippen molar-refractivity contribution in [1.29, 1.82) is 0 Å². The molecule has 0 aromatic heterocycles. The van der Waals surface area contributed by atoms with Gasteiger partial charge in [0.25, 0.3) is 5.91 Å². The van der Waals surface area contributed by atoms with Gasteiger partial charge in [-0.25, -0.2) is 0 Å². The van der Waals surface area contributed by atoms with Crippen molar-refractivity contribution in [2.24, 2.45) is 0 Å². The average molecular weight is 339 g/mol. The van der Waals surface area contributed by atoms with E-state index in [2.05, 4.69) is 5.32 Å². The number of amides is 1. The summed E-state index contributed by atoms with van der Waals surface area (Å²) in [6.07, 6.45) is -4.42. The minimum absolute atomic E-state index is 0.0298. The summed E-state index contributed by atoms with van der Waals surface area (Å²) in [6, 6.07) is 9.49. The second-order valence-electron chi connectivity index (χ2n) is 4.95. The lowest BCUT2D eigenvalue weighted by atomic mass is 10.1. The van der Waals surface area contributed by atoms with Crippen molar-refractivity contribution in [3.8, 4) is 11.5 Å². The number of ether oxygens (including phenoxy) is 2. The lowest BCUT2D eigenvalue weighted by Gasteiger charge is -2.12. The Balaban J connectivity index is 2.11. The third-order valence-electron chi connectivity index (χ3n) is 3.36. The molecule has 0 fully saturated rings. The zero-order chi connectivity index (χ0) is 17.7. The molecule has 0 aliphatic carbocycles. The van der Waals surface area contributed by atoms with Gasteiger partial charge in [-0.15, -0.1) is 0 Å². The Bertz CT molecular complexity index is 729. The Morgan fingerprint density at radius 2 is 1.83 bits per heavy atom. The van der Waals surface area contributed by atoms with Crippen LogP contribution < -0.4 is 14.8 Å². The third kappa shape index (κ3) is 4.18. The van der Waals surface area contributed by atoms with Crippen LogP contribution in [0.1, 0.15) is 21.5 Å². The molecule has 2 aromatic rings. The Morgan fingerprint density at radius 3 is 2.46 bits per heavy atom. The minimum Gasteiger partial charge on any atom is -0.497 e. The van der Waals surface area contributed by atoms with E-state index in [0.717, 1.165) is 12.1 Å². The fraction of sp³-hybridized carbons (Fsp3) is 0.235. The van der Waals surface area contributed by atoms with Crippen LogP contribution in [0.25, 0.3) is 0 Å². The first-order valence-corrected chi connectivity index (χ1v) is 7.01. The molecule has 1 N–H and O–H groups in total. The maximum atomic E-state index is 12.7. The smallest absolute Gasteiger partial charge is 0.416 e. The number of hydrogen-bond acceptors (Lipinski definition) is 3. The van der Waals surface area contributed by atoms with E-state index in [0.29, 0.717) is 17.1 Å². The molecule has 0 radical (unpaired) electrons. The molecule has 7 heteroatoms.